The standard InChI is InChI=1S/C13H21N3O3S/c1-9(2)7-16(6-5-15(3)4)12(17)11-14-10(8-20-11)13(18)19/h8-9H,5-7H2,1-4H3,(H,18,19). The lowest BCUT2D eigenvalue weighted by Crippen LogP contribution is -2.39. The van der Waals surface area contributed by atoms with E-state index in [9.17, 15) is 9.59 Å². The first-order chi connectivity index (χ1) is 9.31. The van der Waals surface area contributed by atoms with Gasteiger partial charge in [-0.2, -0.15) is 0 Å². The molecular weight excluding hydrogens is 278 g/mol. The molecule has 0 aliphatic carbocycles. The van der Waals surface area contributed by atoms with Gasteiger partial charge in [0.25, 0.3) is 5.91 Å². The first-order valence-electron chi connectivity index (χ1n) is 6.44. The summed E-state index contributed by atoms with van der Waals surface area (Å²) in [5.74, 6) is -0.956. The molecule has 6 nitrogen and oxygen atoms in total. The average molecular weight is 299 g/mol. The Morgan fingerprint density at radius 3 is 2.45 bits per heavy atom. The first-order valence-corrected chi connectivity index (χ1v) is 7.32. The van der Waals surface area contributed by atoms with Crippen molar-refractivity contribution in [1.29, 1.82) is 0 Å². The number of carbonyl (C=O) groups excluding carboxylic acids is 1. The normalized spacial score (nSPS) is 11.1. The van der Waals surface area contributed by atoms with Gasteiger partial charge >= 0.3 is 5.97 Å². The van der Waals surface area contributed by atoms with Crippen LogP contribution in [0.15, 0.2) is 5.38 Å². The summed E-state index contributed by atoms with van der Waals surface area (Å²) in [5.41, 5.74) is -0.0737. The number of carboxylic acid groups (broad SMARTS) is 1. The Morgan fingerprint density at radius 1 is 1.35 bits per heavy atom. The van der Waals surface area contributed by atoms with Gasteiger partial charge in [-0.1, -0.05) is 13.8 Å². The molecule has 1 heterocycles. The highest BCUT2D eigenvalue weighted by Crippen LogP contribution is 2.13. The van der Waals surface area contributed by atoms with E-state index in [1.165, 1.54) is 5.38 Å². The average Bonchev–Trinajstić information content (AvgIpc) is 2.82. The quantitative estimate of drug-likeness (QED) is 0.826. The van der Waals surface area contributed by atoms with Crippen molar-refractivity contribution in [1.82, 2.24) is 14.8 Å². The van der Waals surface area contributed by atoms with Gasteiger partial charge in [0, 0.05) is 25.0 Å². The summed E-state index contributed by atoms with van der Waals surface area (Å²) in [6.45, 7) is 6.08. The maximum Gasteiger partial charge on any atom is 0.355 e. The van der Waals surface area contributed by atoms with Crippen molar-refractivity contribution < 1.29 is 14.7 Å². The van der Waals surface area contributed by atoms with Crippen molar-refractivity contribution in [3.63, 3.8) is 0 Å². The number of carboxylic acids is 1. The van der Waals surface area contributed by atoms with E-state index >= 15 is 0 Å². The number of amides is 1. The zero-order valence-corrected chi connectivity index (χ0v) is 13.1. The summed E-state index contributed by atoms with van der Waals surface area (Å²) in [4.78, 5) is 30.8. The van der Waals surface area contributed by atoms with Crippen molar-refractivity contribution in [2.45, 2.75) is 13.8 Å². The third-order valence-corrected chi connectivity index (χ3v) is 3.43. The highest BCUT2D eigenvalue weighted by atomic mass is 32.1. The molecule has 0 saturated heterocycles. The lowest BCUT2D eigenvalue weighted by Gasteiger charge is -2.25. The van der Waals surface area contributed by atoms with Gasteiger partial charge in [-0.3, -0.25) is 4.79 Å². The number of aromatic carboxylic acids is 1. The van der Waals surface area contributed by atoms with Crippen molar-refractivity contribution in [2.75, 3.05) is 33.7 Å². The van der Waals surface area contributed by atoms with E-state index in [1.54, 1.807) is 4.90 Å². The molecule has 0 atom stereocenters. The summed E-state index contributed by atoms with van der Waals surface area (Å²) in [5, 5.41) is 10.5. The molecule has 112 valence electrons. The third kappa shape index (κ3) is 4.90. The zero-order chi connectivity index (χ0) is 15.3. The van der Waals surface area contributed by atoms with Crippen molar-refractivity contribution in [3.8, 4) is 0 Å². The largest absolute Gasteiger partial charge is 0.476 e. The number of hydrogen-bond acceptors (Lipinski definition) is 5. The van der Waals surface area contributed by atoms with Gasteiger partial charge in [-0.15, -0.1) is 11.3 Å². The molecule has 0 spiro atoms. The minimum Gasteiger partial charge on any atom is -0.476 e. The molecular formula is C13H21N3O3S. The Bertz CT molecular complexity index is 471. The van der Waals surface area contributed by atoms with E-state index in [4.69, 9.17) is 5.11 Å². The molecule has 0 aromatic carbocycles. The van der Waals surface area contributed by atoms with Crippen LogP contribution in [0, 0.1) is 5.92 Å². The molecule has 1 N–H and O–H groups in total. The van der Waals surface area contributed by atoms with Crippen molar-refractivity contribution in [2.24, 2.45) is 5.92 Å². The van der Waals surface area contributed by atoms with E-state index in [-0.39, 0.29) is 16.6 Å². The second kappa shape index (κ2) is 7.35. The molecule has 1 amide bonds. The minimum atomic E-state index is -1.11. The lowest BCUT2D eigenvalue weighted by atomic mass is 10.2. The molecule has 0 bridgehead atoms. The molecule has 1 aromatic rings. The van der Waals surface area contributed by atoms with Gasteiger partial charge in [-0.25, -0.2) is 9.78 Å². The predicted octanol–water partition coefficient (Wildman–Crippen LogP) is 1.50. The smallest absolute Gasteiger partial charge is 0.355 e. The van der Waals surface area contributed by atoms with E-state index < -0.39 is 5.97 Å². The fourth-order valence-electron chi connectivity index (χ4n) is 1.64. The SMILES string of the molecule is CC(C)CN(CCN(C)C)C(=O)c1nc(C(=O)O)cs1. The second-order valence-electron chi connectivity index (χ2n) is 5.29. The van der Waals surface area contributed by atoms with Crippen molar-refractivity contribution >= 4 is 23.2 Å². The number of nitrogens with zero attached hydrogens (tertiary/aromatic N) is 3. The molecule has 20 heavy (non-hydrogen) atoms. The monoisotopic (exact) mass is 299 g/mol. The number of thiazole rings is 1. The van der Waals surface area contributed by atoms with Crippen molar-refractivity contribution in [3.05, 3.63) is 16.1 Å². The first kappa shape index (κ1) is 16.6. The Morgan fingerprint density at radius 2 is 2.00 bits per heavy atom. The Balaban J connectivity index is 2.82. The van der Waals surface area contributed by atoms with E-state index in [0.29, 0.717) is 19.0 Å². The van der Waals surface area contributed by atoms with Gasteiger partial charge in [0.05, 0.1) is 0 Å². The van der Waals surface area contributed by atoms with Crippen LogP contribution < -0.4 is 0 Å². The molecule has 0 saturated carbocycles. The summed E-state index contributed by atoms with van der Waals surface area (Å²) in [7, 11) is 3.90. The van der Waals surface area contributed by atoms with E-state index in [1.807, 2.05) is 32.8 Å². The Kier molecular flexibility index (Phi) is 6.09. The van der Waals surface area contributed by atoms with Crippen LogP contribution in [0.3, 0.4) is 0 Å². The topological polar surface area (TPSA) is 73.7 Å². The fourth-order valence-corrected chi connectivity index (χ4v) is 2.40. The van der Waals surface area contributed by atoms with Gasteiger partial charge in [0.15, 0.2) is 10.7 Å². The van der Waals surface area contributed by atoms with E-state index in [0.717, 1.165) is 17.9 Å². The fraction of sp³-hybridized carbons (Fsp3) is 0.615. The maximum atomic E-state index is 12.4. The van der Waals surface area contributed by atoms with Crippen LogP contribution in [-0.4, -0.2) is 65.5 Å². The van der Waals surface area contributed by atoms with Crippen LogP contribution in [0.4, 0.5) is 0 Å². The van der Waals surface area contributed by atoms with Crippen LogP contribution in [0.5, 0.6) is 0 Å². The third-order valence-electron chi connectivity index (χ3n) is 2.60. The predicted molar refractivity (Wildman–Crippen MR) is 78.4 cm³/mol. The van der Waals surface area contributed by atoms with Gasteiger partial charge in [0.2, 0.25) is 0 Å². The number of carbonyl (C=O) groups is 2. The summed E-state index contributed by atoms with van der Waals surface area (Å²) in [6, 6.07) is 0. The van der Waals surface area contributed by atoms with Gasteiger partial charge in [-0.05, 0) is 20.0 Å². The number of hydrogen-bond donors (Lipinski definition) is 1. The number of aromatic nitrogens is 1. The summed E-state index contributed by atoms with van der Waals surface area (Å²) in [6.07, 6.45) is 0. The molecule has 0 aliphatic heterocycles. The van der Waals surface area contributed by atoms with Gasteiger partial charge in [0.1, 0.15) is 0 Å². The molecule has 0 aliphatic rings. The molecule has 0 radical (unpaired) electrons. The minimum absolute atomic E-state index is 0.0737. The van der Waals surface area contributed by atoms with Crippen LogP contribution in [0.1, 0.15) is 34.1 Å². The van der Waals surface area contributed by atoms with Gasteiger partial charge < -0.3 is 14.9 Å². The van der Waals surface area contributed by atoms with E-state index in [2.05, 4.69) is 4.98 Å². The molecule has 0 unspecified atom stereocenters. The summed E-state index contributed by atoms with van der Waals surface area (Å²) >= 11 is 1.08. The van der Waals surface area contributed by atoms with Crippen LogP contribution in [0.25, 0.3) is 0 Å². The Hall–Kier alpha value is -1.47. The van der Waals surface area contributed by atoms with Crippen LogP contribution >= 0.6 is 11.3 Å². The second-order valence-corrected chi connectivity index (χ2v) is 6.15. The molecule has 0 fully saturated rings. The van der Waals surface area contributed by atoms with Crippen LogP contribution in [0.2, 0.25) is 0 Å². The maximum absolute atomic E-state index is 12.4. The number of likely N-dealkylation sites (N-methyl/N-ethyl adjacent to an activating group) is 1. The highest BCUT2D eigenvalue weighted by Gasteiger charge is 2.21. The lowest BCUT2D eigenvalue weighted by molar-refractivity contribution is 0.0691. The molecule has 1 aromatic heterocycles. The molecule has 1 rings (SSSR count). The zero-order valence-electron chi connectivity index (χ0n) is 12.3. The Labute approximate surface area is 123 Å². The summed E-state index contributed by atoms with van der Waals surface area (Å²) < 4.78 is 0. The molecule has 7 heteroatoms. The van der Waals surface area contributed by atoms with Crippen LogP contribution in [-0.2, 0) is 0 Å². The highest BCUT2D eigenvalue weighted by molar-refractivity contribution is 7.11. The number of rotatable bonds is 7.